The lowest BCUT2D eigenvalue weighted by Crippen LogP contribution is -2.53. The van der Waals surface area contributed by atoms with Gasteiger partial charge < -0.3 is 10.2 Å². The van der Waals surface area contributed by atoms with E-state index in [2.05, 4.69) is 5.32 Å². The van der Waals surface area contributed by atoms with Crippen molar-refractivity contribution in [3.8, 4) is 0 Å². The second-order valence-corrected chi connectivity index (χ2v) is 12.5. The van der Waals surface area contributed by atoms with E-state index in [1.165, 1.54) is 11.0 Å². The molecule has 0 aromatic heterocycles. The molecular formula is C26H32Cl3N3O4S. The first kappa shape index (κ1) is 29.6. The third-order valence-corrected chi connectivity index (χ3v) is 8.64. The molecule has 1 aliphatic carbocycles. The third-order valence-electron chi connectivity index (χ3n) is 6.54. The Morgan fingerprint density at radius 1 is 1.05 bits per heavy atom. The molecule has 37 heavy (non-hydrogen) atoms. The number of rotatable bonds is 10. The van der Waals surface area contributed by atoms with Gasteiger partial charge in [-0.25, -0.2) is 8.42 Å². The Labute approximate surface area is 234 Å². The molecule has 1 N–H and O–H groups in total. The maximum atomic E-state index is 13.8. The van der Waals surface area contributed by atoms with Gasteiger partial charge in [-0.1, -0.05) is 66.7 Å². The Morgan fingerprint density at radius 3 is 2.32 bits per heavy atom. The van der Waals surface area contributed by atoms with Gasteiger partial charge in [-0.2, -0.15) is 0 Å². The average molecular weight is 589 g/mol. The van der Waals surface area contributed by atoms with Gasteiger partial charge in [-0.15, -0.1) is 0 Å². The van der Waals surface area contributed by atoms with Gasteiger partial charge in [0.05, 0.1) is 22.0 Å². The molecule has 0 heterocycles. The molecule has 2 aromatic carbocycles. The lowest BCUT2D eigenvalue weighted by molar-refractivity contribution is -0.140. The normalized spacial score (nSPS) is 14.9. The predicted molar refractivity (Wildman–Crippen MR) is 150 cm³/mol. The molecule has 0 saturated heterocycles. The van der Waals surface area contributed by atoms with Gasteiger partial charge in [-0.3, -0.25) is 13.9 Å². The van der Waals surface area contributed by atoms with Crippen LogP contribution < -0.4 is 9.62 Å². The first-order valence-corrected chi connectivity index (χ1v) is 15.2. The van der Waals surface area contributed by atoms with Gasteiger partial charge in [0, 0.05) is 17.6 Å². The van der Waals surface area contributed by atoms with Crippen LogP contribution in [0, 0.1) is 6.92 Å². The highest BCUT2D eigenvalue weighted by Crippen LogP contribution is 2.28. The molecule has 0 spiro atoms. The largest absolute Gasteiger partial charge is 0.352 e. The average Bonchev–Trinajstić information content (AvgIpc) is 3.33. The Morgan fingerprint density at radius 2 is 1.73 bits per heavy atom. The van der Waals surface area contributed by atoms with E-state index in [0.29, 0.717) is 38.3 Å². The number of hydrogen-bond donors (Lipinski definition) is 1. The number of nitrogens with one attached hydrogen (secondary N) is 1. The summed E-state index contributed by atoms with van der Waals surface area (Å²) in [5.41, 5.74) is 1.62. The van der Waals surface area contributed by atoms with Crippen molar-refractivity contribution in [2.24, 2.45) is 0 Å². The molecular weight excluding hydrogens is 557 g/mol. The van der Waals surface area contributed by atoms with Crippen molar-refractivity contribution < 1.29 is 18.0 Å². The summed E-state index contributed by atoms with van der Waals surface area (Å²) in [5, 5.41) is 4.11. The number of hydrogen-bond acceptors (Lipinski definition) is 4. The number of halogens is 3. The van der Waals surface area contributed by atoms with E-state index < -0.39 is 28.5 Å². The molecule has 1 aliphatic rings. The molecule has 1 fully saturated rings. The Bertz CT molecular complexity index is 1250. The molecule has 3 rings (SSSR count). The zero-order chi connectivity index (χ0) is 27.3. The quantitative estimate of drug-likeness (QED) is 0.392. The lowest BCUT2D eigenvalue weighted by atomic mass is 10.1. The fourth-order valence-electron chi connectivity index (χ4n) is 4.57. The molecule has 0 radical (unpaired) electrons. The Kier molecular flexibility index (Phi) is 10.1. The molecule has 7 nitrogen and oxygen atoms in total. The minimum Gasteiger partial charge on any atom is -0.352 e. The highest BCUT2D eigenvalue weighted by Gasteiger charge is 2.33. The number of benzene rings is 2. The second-order valence-electron chi connectivity index (χ2n) is 9.38. The molecule has 2 amide bonds. The number of carbonyl (C=O) groups is 2. The summed E-state index contributed by atoms with van der Waals surface area (Å²) >= 11 is 18.4. The Balaban J connectivity index is 1.97. The van der Waals surface area contributed by atoms with Crippen LogP contribution in [0.15, 0.2) is 36.4 Å². The molecule has 202 valence electrons. The monoisotopic (exact) mass is 587 g/mol. The lowest BCUT2D eigenvalue weighted by Gasteiger charge is -2.33. The molecule has 0 aliphatic heterocycles. The minimum absolute atomic E-state index is 0.0540. The summed E-state index contributed by atoms with van der Waals surface area (Å²) in [4.78, 5) is 28.6. The van der Waals surface area contributed by atoms with Crippen molar-refractivity contribution in [3.63, 3.8) is 0 Å². The van der Waals surface area contributed by atoms with Crippen molar-refractivity contribution >= 4 is 62.3 Å². The summed E-state index contributed by atoms with van der Waals surface area (Å²) < 4.78 is 26.6. The smallest absolute Gasteiger partial charge is 0.244 e. The van der Waals surface area contributed by atoms with Crippen molar-refractivity contribution in [2.45, 2.75) is 64.6 Å². The zero-order valence-electron chi connectivity index (χ0n) is 21.1. The molecule has 0 unspecified atom stereocenters. The van der Waals surface area contributed by atoms with Gasteiger partial charge in [0.1, 0.15) is 12.6 Å². The maximum Gasteiger partial charge on any atom is 0.244 e. The molecule has 1 saturated carbocycles. The van der Waals surface area contributed by atoms with Crippen molar-refractivity contribution in [2.75, 3.05) is 17.1 Å². The van der Waals surface area contributed by atoms with Crippen molar-refractivity contribution in [3.05, 3.63) is 62.6 Å². The van der Waals surface area contributed by atoms with E-state index in [1.807, 2.05) is 6.92 Å². The number of nitrogens with zero attached hydrogens (tertiary/aromatic N) is 2. The number of carbonyl (C=O) groups excluding carboxylic acids is 2. The molecule has 0 bridgehead atoms. The second kappa shape index (κ2) is 12.7. The standard InChI is InChI=1S/C26H32Cl3N3O4S/c1-4-23(26(34)30-20-7-5-6-8-20)31(15-18-10-12-21(28)22(29)13-18)25(33)16-32(37(3,35)36)24-14-19(27)11-9-17(24)2/h9-14,20,23H,4-8,15-16H2,1-3H3,(H,30,34)/t23-/m0/s1. The Hall–Kier alpha value is -2.00. The fourth-order valence-corrected chi connectivity index (χ4v) is 5.95. The van der Waals surface area contributed by atoms with Crippen LogP contribution in [0.1, 0.15) is 50.2 Å². The van der Waals surface area contributed by atoms with Crippen LogP contribution in [0.5, 0.6) is 0 Å². The number of anilines is 1. The summed E-state index contributed by atoms with van der Waals surface area (Å²) in [6.45, 7) is 3.13. The minimum atomic E-state index is -3.85. The van der Waals surface area contributed by atoms with Crippen LogP contribution in [0.4, 0.5) is 5.69 Å². The van der Waals surface area contributed by atoms with Crippen LogP contribution in [-0.4, -0.2) is 50.0 Å². The third kappa shape index (κ3) is 7.76. The van der Waals surface area contributed by atoms with Gasteiger partial charge in [0.2, 0.25) is 21.8 Å². The van der Waals surface area contributed by atoms with Crippen LogP contribution in [0.2, 0.25) is 15.1 Å². The van der Waals surface area contributed by atoms with Crippen molar-refractivity contribution in [1.29, 1.82) is 0 Å². The zero-order valence-corrected chi connectivity index (χ0v) is 24.2. The predicted octanol–water partition coefficient (Wildman–Crippen LogP) is 5.59. The van der Waals surface area contributed by atoms with Crippen LogP contribution in [-0.2, 0) is 26.2 Å². The fraction of sp³-hybridized carbons (Fsp3) is 0.462. The van der Waals surface area contributed by atoms with E-state index in [1.54, 1.807) is 37.3 Å². The van der Waals surface area contributed by atoms with Gasteiger partial charge in [0.15, 0.2) is 0 Å². The van der Waals surface area contributed by atoms with Crippen LogP contribution in [0.25, 0.3) is 0 Å². The number of aryl methyl sites for hydroxylation is 1. The van der Waals surface area contributed by atoms with Gasteiger partial charge in [0.25, 0.3) is 0 Å². The van der Waals surface area contributed by atoms with E-state index in [4.69, 9.17) is 34.8 Å². The van der Waals surface area contributed by atoms with Crippen LogP contribution in [0.3, 0.4) is 0 Å². The first-order chi connectivity index (χ1) is 17.4. The van der Waals surface area contributed by atoms with E-state index >= 15 is 0 Å². The van der Waals surface area contributed by atoms with Crippen molar-refractivity contribution in [1.82, 2.24) is 10.2 Å². The van der Waals surface area contributed by atoms with E-state index in [0.717, 1.165) is 36.2 Å². The summed E-state index contributed by atoms with van der Waals surface area (Å²) in [5.74, 6) is -0.781. The summed E-state index contributed by atoms with van der Waals surface area (Å²) in [6.07, 6.45) is 5.29. The van der Waals surface area contributed by atoms with Crippen LogP contribution >= 0.6 is 34.8 Å². The topological polar surface area (TPSA) is 86.8 Å². The first-order valence-electron chi connectivity index (χ1n) is 12.2. The SMILES string of the molecule is CC[C@@H](C(=O)NC1CCCC1)N(Cc1ccc(Cl)c(Cl)c1)C(=O)CN(c1cc(Cl)ccc1C)S(C)(=O)=O. The maximum absolute atomic E-state index is 13.8. The van der Waals surface area contributed by atoms with Gasteiger partial charge >= 0.3 is 0 Å². The molecule has 2 aromatic rings. The summed E-state index contributed by atoms with van der Waals surface area (Å²) in [7, 11) is -3.85. The van der Waals surface area contributed by atoms with E-state index in [9.17, 15) is 18.0 Å². The van der Waals surface area contributed by atoms with Gasteiger partial charge in [-0.05, 0) is 61.6 Å². The van der Waals surface area contributed by atoms with E-state index in [-0.39, 0.29) is 18.5 Å². The highest BCUT2D eigenvalue weighted by atomic mass is 35.5. The molecule has 11 heteroatoms. The number of sulfonamides is 1. The number of amides is 2. The highest BCUT2D eigenvalue weighted by molar-refractivity contribution is 7.92. The summed E-state index contributed by atoms with van der Waals surface area (Å²) in [6, 6.07) is 9.12. The molecule has 1 atom stereocenters.